The molecule has 0 spiro atoms. The van der Waals surface area contributed by atoms with Gasteiger partial charge in [0.1, 0.15) is 12.4 Å². The van der Waals surface area contributed by atoms with Crippen molar-refractivity contribution in [3.8, 4) is 0 Å². The highest BCUT2D eigenvalue weighted by Crippen LogP contribution is 2.32. The van der Waals surface area contributed by atoms with Gasteiger partial charge in [-0.1, -0.05) is 0 Å². The number of aromatic nitrogens is 2. The minimum absolute atomic E-state index is 0.423. The van der Waals surface area contributed by atoms with Gasteiger partial charge in [0.15, 0.2) is 5.82 Å². The van der Waals surface area contributed by atoms with E-state index in [9.17, 15) is 0 Å². The molecule has 3 N–H and O–H groups in total. The maximum Gasteiger partial charge on any atom is 0.156 e. The zero-order valence-electron chi connectivity index (χ0n) is 7.91. The number of nitrogens with two attached hydrogens (primary N) is 1. The first-order valence-electron chi connectivity index (χ1n) is 4.27. The Morgan fingerprint density at radius 2 is 2.36 bits per heavy atom. The monoisotopic (exact) mass is 212 g/mol. The van der Waals surface area contributed by atoms with Crippen molar-refractivity contribution in [3.63, 3.8) is 0 Å². The van der Waals surface area contributed by atoms with Gasteiger partial charge in [-0.15, -0.1) is 0 Å². The molecule has 0 bridgehead atoms. The van der Waals surface area contributed by atoms with Crippen LogP contribution in [0, 0.1) is 0 Å². The lowest BCUT2D eigenvalue weighted by Gasteiger charge is -2.07. The Kier molecular flexibility index (Phi) is 2.85. The van der Waals surface area contributed by atoms with Crippen molar-refractivity contribution in [1.29, 1.82) is 0 Å². The van der Waals surface area contributed by atoms with Crippen LogP contribution in [0.3, 0.4) is 0 Å². The van der Waals surface area contributed by atoms with Gasteiger partial charge in [0.2, 0.25) is 0 Å². The number of methoxy groups -OCH3 is 1. The zero-order valence-corrected chi connectivity index (χ0v) is 8.73. The number of thioether (sulfide) groups is 1. The molecule has 0 amide bonds. The molecule has 2 heterocycles. The first-order valence-corrected chi connectivity index (χ1v) is 5.42. The first kappa shape index (κ1) is 9.70. The average molecular weight is 212 g/mol. The maximum atomic E-state index is 5.40. The molecule has 1 aliphatic heterocycles. The SMILES string of the molecule is COCc1nc2c(c(NN)n1)CSC2. The molecule has 0 saturated heterocycles. The molecule has 0 atom stereocenters. The third-order valence-corrected chi connectivity index (χ3v) is 3.00. The molecule has 2 rings (SSSR count). The van der Waals surface area contributed by atoms with E-state index in [0.29, 0.717) is 12.4 Å². The summed E-state index contributed by atoms with van der Waals surface area (Å²) in [7, 11) is 1.63. The minimum Gasteiger partial charge on any atom is -0.377 e. The van der Waals surface area contributed by atoms with E-state index in [4.69, 9.17) is 10.6 Å². The largest absolute Gasteiger partial charge is 0.377 e. The molecule has 0 radical (unpaired) electrons. The van der Waals surface area contributed by atoms with Crippen LogP contribution in [0.1, 0.15) is 17.1 Å². The van der Waals surface area contributed by atoms with Crippen molar-refractivity contribution in [2.45, 2.75) is 18.1 Å². The van der Waals surface area contributed by atoms with E-state index in [1.54, 1.807) is 7.11 Å². The van der Waals surface area contributed by atoms with Crippen LogP contribution >= 0.6 is 11.8 Å². The highest BCUT2D eigenvalue weighted by molar-refractivity contribution is 7.98. The molecule has 0 aliphatic carbocycles. The molecule has 0 saturated carbocycles. The normalized spacial score (nSPS) is 14.1. The second-order valence-electron chi connectivity index (χ2n) is 2.98. The van der Waals surface area contributed by atoms with Gasteiger partial charge >= 0.3 is 0 Å². The number of ether oxygens (including phenoxy) is 1. The van der Waals surface area contributed by atoms with Crippen LogP contribution < -0.4 is 11.3 Å². The Morgan fingerprint density at radius 3 is 3.07 bits per heavy atom. The van der Waals surface area contributed by atoms with Crippen molar-refractivity contribution in [3.05, 3.63) is 17.1 Å². The van der Waals surface area contributed by atoms with Crippen molar-refractivity contribution in [2.75, 3.05) is 12.5 Å². The Morgan fingerprint density at radius 1 is 1.50 bits per heavy atom. The van der Waals surface area contributed by atoms with Gasteiger partial charge < -0.3 is 10.2 Å². The lowest BCUT2D eigenvalue weighted by atomic mass is 10.2. The number of hydrogen-bond acceptors (Lipinski definition) is 6. The van der Waals surface area contributed by atoms with E-state index in [-0.39, 0.29) is 0 Å². The van der Waals surface area contributed by atoms with Gasteiger partial charge in [-0.05, 0) is 0 Å². The maximum absolute atomic E-state index is 5.40. The summed E-state index contributed by atoms with van der Waals surface area (Å²) in [5.41, 5.74) is 4.80. The minimum atomic E-state index is 0.423. The number of nitrogens with one attached hydrogen (secondary N) is 1. The summed E-state index contributed by atoms with van der Waals surface area (Å²) >= 11 is 1.82. The number of hydrogen-bond donors (Lipinski definition) is 2. The van der Waals surface area contributed by atoms with Gasteiger partial charge in [0.25, 0.3) is 0 Å². The number of rotatable bonds is 3. The van der Waals surface area contributed by atoms with Crippen LogP contribution in [-0.4, -0.2) is 17.1 Å². The summed E-state index contributed by atoms with van der Waals surface area (Å²) in [6, 6.07) is 0. The van der Waals surface area contributed by atoms with Crippen LogP contribution in [0.4, 0.5) is 5.82 Å². The Hall–Kier alpha value is -0.850. The van der Waals surface area contributed by atoms with Gasteiger partial charge in [-0.2, -0.15) is 11.8 Å². The number of hydrazine groups is 1. The van der Waals surface area contributed by atoms with E-state index in [1.807, 2.05) is 11.8 Å². The fourth-order valence-electron chi connectivity index (χ4n) is 1.42. The molecular formula is C8H12N4OS. The summed E-state index contributed by atoms with van der Waals surface area (Å²) in [5, 5.41) is 0. The van der Waals surface area contributed by atoms with Gasteiger partial charge in [-0.3, -0.25) is 0 Å². The highest BCUT2D eigenvalue weighted by Gasteiger charge is 2.18. The molecule has 1 aromatic heterocycles. The number of nitrogens with zero attached hydrogens (tertiary/aromatic N) is 2. The third kappa shape index (κ3) is 1.68. The summed E-state index contributed by atoms with van der Waals surface area (Å²) in [4.78, 5) is 8.67. The fourth-order valence-corrected chi connectivity index (χ4v) is 2.46. The molecular weight excluding hydrogens is 200 g/mol. The molecule has 14 heavy (non-hydrogen) atoms. The number of anilines is 1. The lowest BCUT2D eigenvalue weighted by Crippen LogP contribution is -2.14. The molecule has 0 fully saturated rings. The van der Waals surface area contributed by atoms with E-state index < -0.39 is 0 Å². The van der Waals surface area contributed by atoms with Gasteiger partial charge in [0, 0.05) is 24.2 Å². The van der Waals surface area contributed by atoms with Crippen LogP contribution in [0.2, 0.25) is 0 Å². The van der Waals surface area contributed by atoms with E-state index in [1.165, 1.54) is 0 Å². The summed E-state index contributed by atoms with van der Waals surface area (Å²) in [6.07, 6.45) is 0. The molecule has 1 aromatic rings. The standard InChI is InChI=1S/C8H12N4OS/c1-13-2-7-10-6-4-14-3-5(6)8(11-7)12-9/h2-4,9H2,1H3,(H,10,11,12). The Labute approximate surface area is 86.4 Å². The van der Waals surface area contributed by atoms with Crippen LogP contribution in [0.15, 0.2) is 0 Å². The zero-order chi connectivity index (χ0) is 9.97. The second-order valence-corrected chi connectivity index (χ2v) is 3.97. The number of fused-ring (bicyclic) bond motifs is 1. The molecule has 0 aromatic carbocycles. The Balaban J connectivity index is 2.39. The average Bonchev–Trinajstić information content (AvgIpc) is 2.65. The third-order valence-electron chi connectivity index (χ3n) is 2.03. The quantitative estimate of drug-likeness (QED) is 0.566. The molecule has 5 nitrogen and oxygen atoms in total. The summed E-state index contributed by atoms with van der Waals surface area (Å²) < 4.78 is 4.99. The lowest BCUT2D eigenvalue weighted by molar-refractivity contribution is 0.177. The van der Waals surface area contributed by atoms with Crippen molar-refractivity contribution in [2.24, 2.45) is 5.84 Å². The summed E-state index contributed by atoms with van der Waals surface area (Å²) in [6.45, 7) is 0.423. The Bertz CT molecular complexity index is 344. The molecule has 6 heteroatoms. The molecule has 1 aliphatic rings. The fraction of sp³-hybridized carbons (Fsp3) is 0.500. The van der Waals surface area contributed by atoms with Crippen LogP contribution in [-0.2, 0) is 22.8 Å². The van der Waals surface area contributed by atoms with Crippen LogP contribution in [0.5, 0.6) is 0 Å². The van der Waals surface area contributed by atoms with Gasteiger partial charge in [-0.25, -0.2) is 15.8 Å². The first-order chi connectivity index (χ1) is 6.85. The van der Waals surface area contributed by atoms with E-state index >= 15 is 0 Å². The number of nitrogen functional groups attached to an aromatic ring is 1. The van der Waals surface area contributed by atoms with Crippen molar-refractivity contribution in [1.82, 2.24) is 9.97 Å². The summed E-state index contributed by atoms with van der Waals surface area (Å²) in [5.74, 6) is 8.67. The second kappa shape index (κ2) is 4.12. The van der Waals surface area contributed by atoms with Crippen LogP contribution in [0.25, 0.3) is 0 Å². The molecule has 76 valence electrons. The van der Waals surface area contributed by atoms with E-state index in [0.717, 1.165) is 28.6 Å². The van der Waals surface area contributed by atoms with Gasteiger partial charge in [0.05, 0.1) is 5.69 Å². The smallest absolute Gasteiger partial charge is 0.156 e. The topological polar surface area (TPSA) is 73.1 Å². The van der Waals surface area contributed by atoms with Crippen molar-refractivity contribution < 1.29 is 4.74 Å². The predicted octanol–water partition coefficient (Wildman–Crippen LogP) is 0.655. The highest BCUT2D eigenvalue weighted by atomic mass is 32.2. The van der Waals surface area contributed by atoms with E-state index in [2.05, 4.69) is 15.4 Å². The predicted molar refractivity (Wildman–Crippen MR) is 55.6 cm³/mol. The molecule has 0 unspecified atom stereocenters. The van der Waals surface area contributed by atoms with Crippen molar-refractivity contribution >= 4 is 17.6 Å².